The third-order valence-electron chi connectivity index (χ3n) is 3.24. The van der Waals surface area contributed by atoms with Crippen LogP contribution in [-0.2, 0) is 0 Å². The van der Waals surface area contributed by atoms with E-state index in [-0.39, 0.29) is 18.4 Å². The summed E-state index contributed by atoms with van der Waals surface area (Å²) in [5.41, 5.74) is 1.17. The summed E-state index contributed by atoms with van der Waals surface area (Å²) in [6, 6.07) is 8.92. The summed E-state index contributed by atoms with van der Waals surface area (Å²) in [6.07, 6.45) is 3.07. The first-order chi connectivity index (χ1) is 10.7. The van der Waals surface area contributed by atoms with Crippen molar-refractivity contribution < 1.29 is 23.4 Å². The normalized spacial score (nSPS) is 12.6. The summed E-state index contributed by atoms with van der Waals surface area (Å²) < 4.78 is 28.7. The Morgan fingerprint density at radius 2 is 2.00 bits per heavy atom. The maximum Gasteiger partial charge on any atom is 0.231 e. The Labute approximate surface area is 126 Å². The van der Waals surface area contributed by atoms with Crippen LogP contribution < -0.4 is 14.2 Å². The van der Waals surface area contributed by atoms with Crippen LogP contribution in [0.4, 0.5) is 4.39 Å². The van der Waals surface area contributed by atoms with Crippen molar-refractivity contribution in [2.75, 3.05) is 13.9 Å². The van der Waals surface area contributed by atoms with Crippen molar-refractivity contribution in [2.24, 2.45) is 0 Å². The fourth-order valence-electron chi connectivity index (χ4n) is 2.13. The molecule has 0 radical (unpaired) electrons. The summed E-state index contributed by atoms with van der Waals surface area (Å²) in [5, 5.41) is 0. The van der Waals surface area contributed by atoms with Crippen LogP contribution in [0.25, 0.3) is 6.08 Å². The molecule has 5 heteroatoms. The number of fused-ring (bicyclic) bond motifs is 1. The molecule has 2 aromatic carbocycles. The predicted molar refractivity (Wildman–Crippen MR) is 78.9 cm³/mol. The third-order valence-corrected chi connectivity index (χ3v) is 3.24. The van der Waals surface area contributed by atoms with E-state index in [0.717, 1.165) is 5.56 Å². The van der Waals surface area contributed by atoms with Crippen LogP contribution >= 0.6 is 0 Å². The van der Waals surface area contributed by atoms with Crippen LogP contribution in [0.3, 0.4) is 0 Å². The number of rotatable bonds is 4. The standard InChI is InChI=1S/C17H13FO4/c1-20-15-8-11(9-16-17(15)22-10-21-16)2-7-14(19)12-3-5-13(18)6-4-12/h2-9H,10H2,1H3/b7-2+. The average Bonchev–Trinajstić information content (AvgIpc) is 3.01. The van der Waals surface area contributed by atoms with Gasteiger partial charge >= 0.3 is 0 Å². The van der Waals surface area contributed by atoms with Gasteiger partial charge < -0.3 is 14.2 Å². The number of allylic oxidation sites excluding steroid dienone is 1. The lowest BCUT2D eigenvalue weighted by Gasteiger charge is -2.05. The Morgan fingerprint density at radius 3 is 2.73 bits per heavy atom. The summed E-state index contributed by atoms with van der Waals surface area (Å²) in [7, 11) is 1.54. The molecule has 0 unspecified atom stereocenters. The second kappa shape index (κ2) is 5.89. The molecule has 0 saturated carbocycles. The molecule has 0 saturated heterocycles. The fourth-order valence-corrected chi connectivity index (χ4v) is 2.13. The molecule has 0 bridgehead atoms. The maximum atomic E-state index is 12.8. The lowest BCUT2D eigenvalue weighted by atomic mass is 10.1. The van der Waals surface area contributed by atoms with Crippen LogP contribution in [0.1, 0.15) is 15.9 Å². The molecule has 0 atom stereocenters. The smallest absolute Gasteiger partial charge is 0.231 e. The van der Waals surface area contributed by atoms with Gasteiger partial charge in [0.1, 0.15) is 5.82 Å². The van der Waals surface area contributed by atoms with Gasteiger partial charge in [-0.05, 0) is 48.0 Å². The van der Waals surface area contributed by atoms with Gasteiger partial charge in [-0.25, -0.2) is 4.39 Å². The second-order valence-corrected chi connectivity index (χ2v) is 4.66. The minimum atomic E-state index is -0.374. The Balaban J connectivity index is 1.83. The highest BCUT2D eigenvalue weighted by atomic mass is 19.1. The zero-order valence-electron chi connectivity index (χ0n) is 11.8. The van der Waals surface area contributed by atoms with E-state index in [1.807, 2.05) is 0 Å². The van der Waals surface area contributed by atoms with E-state index in [0.29, 0.717) is 22.8 Å². The minimum absolute atomic E-state index is 0.146. The number of hydrogen-bond acceptors (Lipinski definition) is 4. The fraction of sp³-hybridized carbons (Fsp3) is 0.118. The summed E-state index contributed by atoms with van der Waals surface area (Å²) in [5.74, 6) is 1.10. The lowest BCUT2D eigenvalue weighted by molar-refractivity contribution is 0.104. The summed E-state index contributed by atoms with van der Waals surface area (Å²) in [6.45, 7) is 0.146. The van der Waals surface area contributed by atoms with Gasteiger partial charge in [0.2, 0.25) is 12.5 Å². The van der Waals surface area contributed by atoms with Crippen LogP contribution in [0.2, 0.25) is 0 Å². The van der Waals surface area contributed by atoms with Crippen molar-refractivity contribution in [1.29, 1.82) is 0 Å². The number of ether oxygens (including phenoxy) is 3. The van der Waals surface area contributed by atoms with Crippen LogP contribution in [0.15, 0.2) is 42.5 Å². The number of hydrogen-bond donors (Lipinski definition) is 0. The molecule has 1 heterocycles. The van der Waals surface area contributed by atoms with E-state index in [1.54, 1.807) is 18.2 Å². The van der Waals surface area contributed by atoms with Gasteiger partial charge in [0.05, 0.1) is 7.11 Å². The monoisotopic (exact) mass is 300 g/mol. The molecule has 3 rings (SSSR count). The molecule has 0 N–H and O–H groups in total. The molecule has 0 aliphatic carbocycles. The number of halogens is 1. The number of ketones is 1. The zero-order chi connectivity index (χ0) is 15.5. The summed E-state index contributed by atoms with van der Waals surface area (Å²) >= 11 is 0. The van der Waals surface area contributed by atoms with Gasteiger partial charge in [0.15, 0.2) is 17.3 Å². The van der Waals surface area contributed by atoms with E-state index in [4.69, 9.17) is 14.2 Å². The van der Waals surface area contributed by atoms with Crippen molar-refractivity contribution >= 4 is 11.9 Å². The Hall–Kier alpha value is -2.82. The summed E-state index contributed by atoms with van der Waals surface area (Å²) in [4.78, 5) is 12.0. The maximum absolute atomic E-state index is 12.8. The van der Waals surface area contributed by atoms with E-state index in [1.165, 1.54) is 37.5 Å². The molecule has 1 aliphatic rings. The topological polar surface area (TPSA) is 44.8 Å². The average molecular weight is 300 g/mol. The molecule has 0 amide bonds. The van der Waals surface area contributed by atoms with Gasteiger partial charge in [-0.2, -0.15) is 0 Å². The first-order valence-corrected chi connectivity index (χ1v) is 6.63. The van der Waals surface area contributed by atoms with Crippen LogP contribution in [0.5, 0.6) is 17.2 Å². The quantitative estimate of drug-likeness (QED) is 0.641. The highest BCUT2D eigenvalue weighted by molar-refractivity contribution is 6.06. The number of carbonyl (C=O) groups excluding carboxylic acids is 1. The van der Waals surface area contributed by atoms with Gasteiger partial charge in [-0.1, -0.05) is 6.08 Å². The van der Waals surface area contributed by atoms with Crippen molar-refractivity contribution in [3.8, 4) is 17.2 Å². The van der Waals surface area contributed by atoms with E-state index in [9.17, 15) is 9.18 Å². The lowest BCUT2D eigenvalue weighted by Crippen LogP contribution is -1.94. The molecule has 0 fully saturated rings. The predicted octanol–water partition coefficient (Wildman–Crippen LogP) is 3.46. The van der Waals surface area contributed by atoms with Crippen LogP contribution in [0, 0.1) is 5.82 Å². The first-order valence-electron chi connectivity index (χ1n) is 6.63. The molecular formula is C17H13FO4. The van der Waals surface area contributed by atoms with E-state index < -0.39 is 0 Å². The number of methoxy groups -OCH3 is 1. The number of carbonyl (C=O) groups is 1. The van der Waals surface area contributed by atoms with E-state index in [2.05, 4.69) is 0 Å². The largest absolute Gasteiger partial charge is 0.493 e. The van der Waals surface area contributed by atoms with Crippen molar-refractivity contribution in [3.63, 3.8) is 0 Å². The highest BCUT2D eigenvalue weighted by Crippen LogP contribution is 2.42. The Kier molecular flexibility index (Phi) is 3.78. The minimum Gasteiger partial charge on any atom is -0.493 e. The molecule has 0 spiro atoms. The second-order valence-electron chi connectivity index (χ2n) is 4.66. The van der Waals surface area contributed by atoms with E-state index >= 15 is 0 Å². The highest BCUT2D eigenvalue weighted by Gasteiger charge is 2.19. The molecular weight excluding hydrogens is 287 g/mol. The van der Waals surface area contributed by atoms with Gasteiger partial charge in [-0.15, -0.1) is 0 Å². The van der Waals surface area contributed by atoms with Crippen LogP contribution in [-0.4, -0.2) is 19.7 Å². The van der Waals surface area contributed by atoms with Crippen molar-refractivity contribution in [1.82, 2.24) is 0 Å². The van der Waals surface area contributed by atoms with Crippen molar-refractivity contribution in [2.45, 2.75) is 0 Å². The van der Waals surface area contributed by atoms with Crippen molar-refractivity contribution in [3.05, 3.63) is 59.4 Å². The molecule has 0 aromatic heterocycles. The van der Waals surface area contributed by atoms with Gasteiger partial charge in [0.25, 0.3) is 0 Å². The molecule has 2 aromatic rings. The zero-order valence-corrected chi connectivity index (χ0v) is 11.8. The molecule has 22 heavy (non-hydrogen) atoms. The van der Waals surface area contributed by atoms with Gasteiger partial charge in [0, 0.05) is 5.56 Å². The third kappa shape index (κ3) is 2.79. The molecule has 112 valence electrons. The Bertz CT molecular complexity index is 735. The molecule has 1 aliphatic heterocycles. The SMILES string of the molecule is COc1cc(/C=C/C(=O)c2ccc(F)cc2)cc2c1OCO2. The number of benzene rings is 2. The Morgan fingerprint density at radius 1 is 1.23 bits per heavy atom. The molecule has 4 nitrogen and oxygen atoms in total. The van der Waals surface area contributed by atoms with Gasteiger partial charge in [-0.3, -0.25) is 4.79 Å². The first kappa shape index (κ1) is 14.1.